The van der Waals surface area contributed by atoms with Gasteiger partial charge in [0.2, 0.25) is 0 Å². The van der Waals surface area contributed by atoms with Crippen LogP contribution in [0, 0.1) is 5.92 Å². The number of hydrogen-bond donors (Lipinski definition) is 1. The Balaban J connectivity index is 1.84. The second-order valence-corrected chi connectivity index (χ2v) is 3.86. The molecule has 1 unspecified atom stereocenters. The molecule has 76 valence electrons. The van der Waals surface area contributed by atoms with Crippen molar-refractivity contribution in [2.24, 2.45) is 5.92 Å². The molecule has 0 aliphatic heterocycles. The lowest BCUT2D eigenvalue weighted by Crippen LogP contribution is -2.27. The first-order valence-electron chi connectivity index (χ1n) is 5.26. The van der Waals surface area contributed by atoms with Crippen LogP contribution in [0.25, 0.3) is 0 Å². The number of rotatable bonds is 8. The monoisotopic (exact) mass is 183 g/mol. The highest BCUT2D eigenvalue weighted by atomic mass is 16.5. The van der Waals surface area contributed by atoms with Crippen molar-refractivity contribution in [3.63, 3.8) is 0 Å². The lowest BCUT2D eigenvalue weighted by atomic mass is 10.3. The Kier molecular flexibility index (Phi) is 5.09. The van der Waals surface area contributed by atoms with Crippen molar-refractivity contribution < 1.29 is 4.74 Å². The Morgan fingerprint density at radius 3 is 3.00 bits per heavy atom. The highest BCUT2D eigenvalue weighted by molar-refractivity contribution is 4.73. The molecule has 0 saturated heterocycles. The number of ether oxygens (including phenoxy) is 1. The molecule has 0 heterocycles. The third kappa shape index (κ3) is 5.83. The lowest BCUT2D eigenvalue weighted by Gasteiger charge is -2.12. The molecule has 1 N–H and O–H groups in total. The van der Waals surface area contributed by atoms with Crippen LogP contribution in [0.5, 0.6) is 0 Å². The third-order valence-corrected chi connectivity index (χ3v) is 2.35. The normalized spacial score (nSPS) is 18.5. The number of hydrogen-bond acceptors (Lipinski definition) is 2. The van der Waals surface area contributed by atoms with Gasteiger partial charge in [-0.3, -0.25) is 0 Å². The van der Waals surface area contributed by atoms with Gasteiger partial charge in [0.05, 0.1) is 6.10 Å². The summed E-state index contributed by atoms with van der Waals surface area (Å²) in [6.45, 7) is 8.49. The minimum Gasteiger partial charge on any atom is -0.377 e. The molecule has 0 aromatic carbocycles. The molecule has 2 nitrogen and oxygen atoms in total. The molecule has 1 fully saturated rings. The minimum atomic E-state index is 0.332. The Bertz CT molecular complexity index is 143. The van der Waals surface area contributed by atoms with Gasteiger partial charge in [-0.25, -0.2) is 0 Å². The molecule has 1 aliphatic carbocycles. The molecular weight excluding hydrogens is 162 g/mol. The molecule has 0 amide bonds. The van der Waals surface area contributed by atoms with E-state index >= 15 is 0 Å². The van der Waals surface area contributed by atoms with Crippen molar-refractivity contribution >= 4 is 0 Å². The van der Waals surface area contributed by atoms with Crippen molar-refractivity contribution in [2.75, 3.05) is 19.7 Å². The maximum absolute atomic E-state index is 5.64. The topological polar surface area (TPSA) is 21.3 Å². The van der Waals surface area contributed by atoms with Crippen LogP contribution in [0.15, 0.2) is 12.7 Å². The fourth-order valence-corrected chi connectivity index (χ4v) is 1.29. The van der Waals surface area contributed by atoms with Gasteiger partial charge >= 0.3 is 0 Å². The molecule has 2 heteroatoms. The van der Waals surface area contributed by atoms with Crippen molar-refractivity contribution in [1.82, 2.24) is 5.32 Å². The van der Waals surface area contributed by atoms with Crippen LogP contribution in [-0.2, 0) is 4.74 Å². The Labute approximate surface area is 81.4 Å². The maximum Gasteiger partial charge on any atom is 0.0671 e. The van der Waals surface area contributed by atoms with Crippen LogP contribution in [-0.4, -0.2) is 25.8 Å². The van der Waals surface area contributed by atoms with Gasteiger partial charge in [0.1, 0.15) is 0 Å². The van der Waals surface area contributed by atoms with Gasteiger partial charge in [-0.05, 0) is 19.3 Å². The summed E-state index contributed by atoms with van der Waals surface area (Å²) in [7, 11) is 0. The number of nitrogens with one attached hydrogen (secondary N) is 1. The minimum absolute atomic E-state index is 0.332. The second-order valence-electron chi connectivity index (χ2n) is 3.86. The first-order valence-corrected chi connectivity index (χ1v) is 5.26. The highest BCUT2D eigenvalue weighted by Crippen LogP contribution is 2.32. The molecule has 1 rings (SSSR count). The smallest absolute Gasteiger partial charge is 0.0671 e. The van der Waals surface area contributed by atoms with Gasteiger partial charge in [-0.2, -0.15) is 0 Å². The fraction of sp³-hybridized carbons (Fsp3) is 0.818. The summed E-state index contributed by atoms with van der Waals surface area (Å²) in [5, 5.41) is 3.25. The average Bonchev–Trinajstić information content (AvgIpc) is 2.89. The van der Waals surface area contributed by atoms with E-state index in [1.165, 1.54) is 19.3 Å². The summed E-state index contributed by atoms with van der Waals surface area (Å²) >= 11 is 0. The van der Waals surface area contributed by atoms with Crippen LogP contribution in [0.1, 0.15) is 26.2 Å². The molecule has 1 aliphatic rings. The van der Waals surface area contributed by atoms with Crippen LogP contribution >= 0.6 is 0 Å². The van der Waals surface area contributed by atoms with Crippen LogP contribution in [0.4, 0.5) is 0 Å². The van der Waals surface area contributed by atoms with Crippen molar-refractivity contribution in [3.05, 3.63) is 12.7 Å². The molecule has 0 spiro atoms. The van der Waals surface area contributed by atoms with Gasteiger partial charge in [0, 0.05) is 19.7 Å². The highest BCUT2D eigenvalue weighted by Gasteiger charge is 2.20. The van der Waals surface area contributed by atoms with E-state index in [-0.39, 0.29) is 0 Å². The average molecular weight is 183 g/mol. The summed E-state index contributed by atoms with van der Waals surface area (Å²) in [6.07, 6.45) is 6.31. The van der Waals surface area contributed by atoms with Gasteiger partial charge in [-0.15, -0.1) is 6.58 Å². The van der Waals surface area contributed by atoms with Crippen LogP contribution in [0.2, 0.25) is 0 Å². The Hall–Kier alpha value is -0.340. The first-order chi connectivity index (χ1) is 6.33. The standard InChI is InChI=1S/C11H21NO/c1-3-7-12-9-10(2)13-8-6-11-4-5-11/h3,10-12H,1,4-9H2,2H3. The van der Waals surface area contributed by atoms with Gasteiger partial charge in [0.25, 0.3) is 0 Å². The Morgan fingerprint density at radius 1 is 1.62 bits per heavy atom. The molecule has 0 aromatic rings. The first kappa shape index (κ1) is 10.7. The van der Waals surface area contributed by atoms with Crippen LogP contribution < -0.4 is 5.32 Å². The molecule has 13 heavy (non-hydrogen) atoms. The van der Waals surface area contributed by atoms with Gasteiger partial charge in [0.15, 0.2) is 0 Å². The molecule has 0 radical (unpaired) electrons. The van der Waals surface area contributed by atoms with Gasteiger partial charge < -0.3 is 10.1 Å². The van der Waals surface area contributed by atoms with E-state index < -0.39 is 0 Å². The van der Waals surface area contributed by atoms with Crippen LogP contribution in [0.3, 0.4) is 0 Å². The zero-order valence-electron chi connectivity index (χ0n) is 8.59. The van der Waals surface area contributed by atoms with Gasteiger partial charge in [-0.1, -0.05) is 18.9 Å². The van der Waals surface area contributed by atoms with E-state index in [4.69, 9.17) is 4.74 Å². The summed E-state index contributed by atoms with van der Waals surface area (Å²) in [4.78, 5) is 0. The molecule has 1 saturated carbocycles. The molecule has 0 bridgehead atoms. The molecule has 0 aromatic heterocycles. The van der Waals surface area contributed by atoms with E-state index in [1.807, 2.05) is 6.08 Å². The summed E-state index contributed by atoms with van der Waals surface area (Å²) in [6, 6.07) is 0. The van der Waals surface area contributed by atoms with Crippen molar-refractivity contribution in [2.45, 2.75) is 32.3 Å². The van der Waals surface area contributed by atoms with Crippen molar-refractivity contribution in [3.8, 4) is 0 Å². The van der Waals surface area contributed by atoms with E-state index in [0.717, 1.165) is 25.6 Å². The largest absolute Gasteiger partial charge is 0.377 e. The van der Waals surface area contributed by atoms with Crippen molar-refractivity contribution in [1.29, 1.82) is 0 Å². The zero-order chi connectivity index (χ0) is 9.52. The summed E-state index contributed by atoms with van der Waals surface area (Å²) in [5.41, 5.74) is 0. The van der Waals surface area contributed by atoms with E-state index in [9.17, 15) is 0 Å². The molecule has 1 atom stereocenters. The lowest BCUT2D eigenvalue weighted by molar-refractivity contribution is 0.0624. The Morgan fingerprint density at radius 2 is 2.38 bits per heavy atom. The van der Waals surface area contributed by atoms with E-state index in [2.05, 4.69) is 18.8 Å². The second kappa shape index (κ2) is 6.17. The van der Waals surface area contributed by atoms with E-state index in [0.29, 0.717) is 6.10 Å². The quantitative estimate of drug-likeness (QED) is 0.459. The molecular formula is C11H21NO. The van der Waals surface area contributed by atoms with E-state index in [1.54, 1.807) is 0 Å². The predicted molar refractivity (Wildman–Crippen MR) is 55.8 cm³/mol. The SMILES string of the molecule is C=CCNCC(C)OCCC1CC1. The summed E-state index contributed by atoms with van der Waals surface area (Å²) in [5.74, 6) is 0.980. The maximum atomic E-state index is 5.64. The zero-order valence-corrected chi connectivity index (χ0v) is 8.59. The summed E-state index contributed by atoms with van der Waals surface area (Å²) < 4.78 is 5.64. The predicted octanol–water partition coefficient (Wildman–Crippen LogP) is 1.97. The third-order valence-electron chi connectivity index (χ3n) is 2.35. The fourth-order valence-electron chi connectivity index (χ4n) is 1.29.